The Morgan fingerprint density at radius 2 is 1.71 bits per heavy atom. The molecule has 1 heterocycles. The number of aliphatic carboxylic acids is 1. The normalized spacial score (nSPS) is 15.6. The number of carboxylic acids is 1. The first-order valence-corrected chi connectivity index (χ1v) is 11.1. The van der Waals surface area contributed by atoms with Crippen LogP contribution in [0.4, 0.5) is 0 Å². The van der Waals surface area contributed by atoms with Gasteiger partial charge in [0.25, 0.3) is 0 Å². The summed E-state index contributed by atoms with van der Waals surface area (Å²) < 4.78 is 0. The summed E-state index contributed by atoms with van der Waals surface area (Å²) in [7, 11) is 0. The predicted molar refractivity (Wildman–Crippen MR) is 126 cm³/mol. The second-order valence-electron chi connectivity index (χ2n) is 7.72. The maximum absolute atomic E-state index is 12.8. The predicted octanol–water partition coefficient (Wildman–Crippen LogP) is -2.12. The zero-order valence-electron chi connectivity index (χ0n) is 18.4. The Balaban J connectivity index is 2.11. The van der Waals surface area contributed by atoms with Gasteiger partial charge in [0.05, 0.1) is 12.7 Å². The number of carboxylic acid groups (broad SMARTS) is 1. The smallest absolute Gasteiger partial charge is 0.326 e. The molecule has 186 valence electrons. The lowest BCUT2D eigenvalue weighted by atomic mass is 10.0. The number of aromatic nitrogens is 1. The molecule has 0 saturated carbocycles. The van der Waals surface area contributed by atoms with E-state index in [1.54, 1.807) is 12.3 Å². The average molecular weight is 496 g/mol. The standard InChI is InChI=1S/C21H29N5O7S/c1-10(28)17(26-19(30)16(9-34)25-18(29)13(22)8-27)20(31)24-15(21(32)33)6-11-7-23-14-5-3-2-4-12(11)14/h2-5,7,10,13,15-17,23,27-28,34H,6,8-9,22H2,1H3,(H,24,31)(H,25,29)(H,26,30)(H,32,33). The molecule has 1 aromatic carbocycles. The van der Waals surface area contributed by atoms with Gasteiger partial charge in [-0.1, -0.05) is 18.2 Å². The van der Waals surface area contributed by atoms with Crippen LogP contribution in [0.2, 0.25) is 0 Å². The number of H-pyrrole nitrogens is 1. The molecule has 3 amide bonds. The summed E-state index contributed by atoms with van der Waals surface area (Å²) >= 11 is 3.99. The minimum atomic E-state index is -1.51. The fourth-order valence-corrected chi connectivity index (χ4v) is 3.45. The Bertz CT molecular complexity index is 1030. The highest BCUT2D eigenvalue weighted by atomic mass is 32.1. The molecular formula is C21H29N5O7S. The van der Waals surface area contributed by atoms with Crippen LogP contribution in [-0.4, -0.2) is 86.6 Å². The molecule has 2 rings (SSSR count). The molecule has 0 spiro atoms. The number of nitrogens with one attached hydrogen (secondary N) is 4. The van der Waals surface area contributed by atoms with Gasteiger partial charge in [-0.15, -0.1) is 0 Å². The van der Waals surface area contributed by atoms with Crippen molar-refractivity contribution in [2.45, 2.75) is 43.6 Å². The molecule has 0 aliphatic heterocycles. The number of carbonyl (C=O) groups is 4. The molecule has 0 bridgehead atoms. The Morgan fingerprint density at radius 1 is 1.06 bits per heavy atom. The van der Waals surface area contributed by atoms with Crippen molar-refractivity contribution < 1.29 is 34.5 Å². The van der Waals surface area contributed by atoms with Gasteiger partial charge in [0.2, 0.25) is 17.7 Å². The van der Waals surface area contributed by atoms with E-state index in [-0.39, 0.29) is 12.2 Å². The number of hydrogen-bond donors (Lipinski definition) is 9. The van der Waals surface area contributed by atoms with Crippen molar-refractivity contribution >= 4 is 47.2 Å². The van der Waals surface area contributed by atoms with Gasteiger partial charge in [0.15, 0.2) is 0 Å². The largest absolute Gasteiger partial charge is 0.480 e. The van der Waals surface area contributed by atoms with Crippen LogP contribution in [0.3, 0.4) is 0 Å². The zero-order chi connectivity index (χ0) is 25.4. The third-order valence-corrected chi connectivity index (χ3v) is 5.49. The second-order valence-corrected chi connectivity index (χ2v) is 8.09. The van der Waals surface area contributed by atoms with Crippen LogP contribution in [-0.2, 0) is 25.6 Å². The summed E-state index contributed by atoms with van der Waals surface area (Å²) in [5, 5.41) is 36.4. The summed E-state index contributed by atoms with van der Waals surface area (Å²) in [5.41, 5.74) is 6.88. The average Bonchev–Trinajstić information content (AvgIpc) is 3.21. The number of thiol groups is 1. The van der Waals surface area contributed by atoms with Gasteiger partial charge in [0.1, 0.15) is 24.2 Å². The van der Waals surface area contributed by atoms with Crippen LogP contribution >= 0.6 is 12.6 Å². The third-order valence-electron chi connectivity index (χ3n) is 5.13. The minimum absolute atomic E-state index is 0.0417. The molecular weight excluding hydrogens is 466 g/mol. The number of aliphatic hydroxyl groups is 2. The van der Waals surface area contributed by atoms with Crippen molar-refractivity contribution in [2.75, 3.05) is 12.4 Å². The zero-order valence-corrected chi connectivity index (χ0v) is 19.3. The highest BCUT2D eigenvalue weighted by Gasteiger charge is 2.32. The summed E-state index contributed by atoms with van der Waals surface area (Å²) in [5.74, 6) is -4.04. The fraction of sp³-hybridized carbons (Fsp3) is 0.429. The number of amides is 3. The van der Waals surface area contributed by atoms with Gasteiger partial charge in [-0.25, -0.2) is 4.79 Å². The van der Waals surface area contributed by atoms with Gasteiger partial charge in [-0.2, -0.15) is 12.6 Å². The van der Waals surface area contributed by atoms with Gasteiger partial charge < -0.3 is 42.0 Å². The lowest BCUT2D eigenvalue weighted by molar-refractivity contribution is -0.143. The summed E-state index contributed by atoms with van der Waals surface area (Å²) in [6.45, 7) is 0.606. The molecule has 1 aromatic heterocycles. The van der Waals surface area contributed by atoms with Crippen molar-refractivity contribution in [3.05, 3.63) is 36.0 Å². The number of benzene rings is 1. The van der Waals surface area contributed by atoms with E-state index >= 15 is 0 Å². The first kappa shape index (κ1) is 27.1. The molecule has 0 fully saturated rings. The van der Waals surface area contributed by atoms with E-state index in [1.165, 1.54) is 6.92 Å². The van der Waals surface area contributed by atoms with Gasteiger partial charge in [0, 0.05) is 29.3 Å². The van der Waals surface area contributed by atoms with E-state index in [0.717, 1.165) is 10.9 Å². The number of carbonyl (C=O) groups excluding carboxylic acids is 3. The topological polar surface area (TPSA) is 207 Å². The maximum atomic E-state index is 12.8. The van der Waals surface area contributed by atoms with Crippen LogP contribution in [0.5, 0.6) is 0 Å². The summed E-state index contributed by atoms with van der Waals surface area (Å²) in [4.78, 5) is 52.1. The molecule has 5 unspecified atom stereocenters. The van der Waals surface area contributed by atoms with E-state index < -0.39 is 60.6 Å². The third kappa shape index (κ3) is 6.93. The SMILES string of the molecule is CC(O)C(NC(=O)C(CS)NC(=O)C(N)CO)C(=O)NC(Cc1c[nH]c2ccccc12)C(=O)O. The second kappa shape index (κ2) is 12.4. The summed E-state index contributed by atoms with van der Waals surface area (Å²) in [6, 6.07) is 1.95. The van der Waals surface area contributed by atoms with Crippen molar-refractivity contribution in [1.29, 1.82) is 0 Å². The number of rotatable bonds is 12. The Morgan fingerprint density at radius 3 is 2.29 bits per heavy atom. The number of nitrogens with two attached hydrogens (primary N) is 1. The molecule has 34 heavy (non-hydrogen) atoms. The quantitative estimate of drug-likeness (QED) is 0.148. The Labute approximate surface area is 200 Å². The lowest BCUT2D eigenvalue weighted by Crippen LogP contribution is -2.60. The molecule has 5 atom stereocenters. The number of fused-ring (bicyclic) bond motifs is 1. The van der Waals surface area contributed by atoms with Crippen LogP contribution in [0.15, 0.2) is 30.5 Å². The maximum Gasteiger partial charge on any atom is 0.326 e. The number of para-hydroxylation sites is 1. The molecule has 2 aromatic rings. The van der Waals surface area contributed by atoms with E-state index in [2.05, 4.69) is 33.6 Å². The Hall–Kier alpha value is -3.13. The monoisotopic (exact) mass is 495 g/mol. The van der Waals surface area contributed by atoms with E-state index in [1.807, 2.05) is 18.2 Å². The Kier molecular flexibility index (Phi) is 9.86. The highest BCUT2D eigenvalue weighted by molar-refractivity contribution is 7.80. The van der Waals surface area contributed by atoms with Crippen LogP contribution < -0.4 is 21.7 Å². The van der Waals surface area contributed by atoms with Crippen LogP contribution in [0, 0.1) is 0 Å². The fourth-order valence-electron chi connectivity index (χ4n) is 3.20. The molecule has 9 N–H and O–H groups in total. The first-order chi connectivity index (χ1) is 16.1. The van der Waals surface area contributed by atoms with Crippen molar-refractivity contribution in [3.63, 3.8) is 0 Å². The van der Waals surface area contributed by atoms with Crippen LogP contribution in [0.25, 0.3) is 10.9 Å². The molecule has 12 nitrogen and oxygen atoms in total. The lowest BCUT2D eigenvalue weighted by Gasteiger charge is -2.26. The number of aliphatic hydroxyl groups excluding tert-OH is 2. The first-order valence-electron chi connectivity index (χ1n) is 10.4. The van der Waals surface area contributed by atoms with Gasteiger partial charge >= 0.3 is 5.97 Å². The van der Waals surface area contributed by atoms with E-state index in [4.69, 9.17) is 10.8 Å². The molecule has 0 radical (unpaired) electrons. The summed E-state index contributed by atoms with van der Waals surface area (Å²) in [6.07, 6.45) is 0.222. The van der Waals surface area contributed by atoms with Crippen LogP contribution in [0.1, 0.15) is 12.5 Å². The molecule has 0 aliphatic rings. The van der Waals surface area contributed by atoms with Crippen molar-refractivity contribution in [3.8, 4) is 0 Å². The molecule has 13 heteroatoms. The molecule has 0 saturated heterocycles. The van der Waals surface area contributed by atoms with Gasteiger partial charge in [-0.3, -0.25) is 14.4 Å². The molecule has 0 aliphatic carbocycles. The number of hydrogen-bond acceptors (Lipinski definition) is 8. The van der Waals surface area contributed by atoms with E-state index in [9.17, 15) is 29.4 Å². The minimum Gasteiger partial charge on any atom is -0.480 e. The highest BCUT2D eigenvalue weighted by Crippen LogP contribution is 2.19. The van der Waals surface area contributed by atoms with Crippen molar-refractivity contribution in [1.82, 2.24) is 20.9 Å². The van der Waals surface area contributed by atoms with Crippen molar-refractivity contribution in [2.24, 2.45) is 5.73 Å². The number of aromatic amines is 1. The van der Waals surface area contributed by atoms with E-state index in [0.29, 0.717) is 5.56 Å². The van der Waals surface area contributed by atoms with Gasteiger partial charge in [-0.05, 0) is 18.6 Å².